The lowest BCUT2D eigenvalue weighted by atomic mass is 9.99. The smallest absolute Gasteiger partial charge is 0.228 e. The van der Waals surface area contributed by atoms with Gasteiger partial charge in [-0.25, -0.2) is 0 Å². The van der Waals surface area contributed by atoms with Crippen molar-refractivity contribution >= 4 is 17.7 Å². The van der Waals surface area contributed by atoms with Gasteiger partial charge in [0.15, 0.2) is 0 Å². The molecule has 3 fully saturated rings. The number of fused-ring (bicyclic) bond motifs is 1. The van der Waals surface area contributed by atoms with Crippen molar-refractivity contribution in [2.75, 3.05) is 24.6 Å². The van der Waals surface area contributed by atoms with Crippen LogP contribution in [-0.4, -0.2) is 35.4 Å². The van der Waals surface area contributed by atoms with Gasteiger partial charge in [-0.15, -0.1) is 0 Å². The van der Waals surface area contributed by atoms with Crippen molar-refractivity contribution in [2.45, 2.75) is 32.6 Å². The van der Waals surface area contributed by atoms with Gasteiger partial charge in [0.2, 0.25) is 5.91 Å². The van der Waals surface area contributed by atoms with Crippen LogP contribution in [0.3, 0.4) is 0 Å². The lowest BCUT2D eigenvalue weighted by Crippen LogP contribution is -2.36. The molecule has 3 heteroatoms. The molecule has 1 aliphatic carbocycles. The maximum Gasteiger partial charge on any atom is 0.228 e. The maximum atomic E-state index is 12.5. The van der Waals surface area contributed by atoms with Gasteiger partial charge in [0, 0.05) is 18.5 Å². The second-order valence-electron chi connectivity index (χ2n) is 5.80. The predicted molar refractivity (Wildman–Crippen MR) is 67.5 cm³/mol. The Morgan fingerprint density at radius 2 is 1.94 bits per heavy atom. The van der Waals surface area contributed by atoms with Crippen LogP contribution >= 0.6 is 11.8 Å². The molecular formula is C13H21NOS. The van der Waals surface area contributed by atoms with Gasteiger partial charge in [0.25, 0.3) is 0 Å². The number of hydrogen-bond donors (Lipinski definition) is 0. The number of nitrogens with zero attached hydrogens (tertiary/aromatic N) is 1. The summed E-state index contributed by atoms with van der Waals surface area (Å²) in [5.74, 6) is 4.69. The molecule has 0 unspecified atom stereocenters. The van der Waals surface area contributed by atoms with E-state index in [0.29, 0.717) is 5.91 Å². The van der Waals surface area contributed by atoms with Crippen LogP contribution in [0.4, 0.5) is 0 Å². The molecule has 2 nitrogen and oxygen atoms in total. The molecular weight excluding hydrogens is 218 g/mol. The third kappa shape index (κ3) is 1.68. The molecule has 2 aliphatic heterocycles. The third-order valence-corrected chi connectivity index (χ3v) is 5.89. The molecule has 2 heterocycles. The minimum Gasteiger partial charge on any atom is -0.342 e. The summed E-state index contributed by atoms with van der Waals surface area (Å²) in [7, 11) is 0. The fourth-order valence-electron chi connectivity index (χ4n) is 3.39. The van der Waals surface area contributed by atoms with Gasteiger partial charge in [-0.05, 0) is 42.6 Å². The highest BCUT2D eigenvalue weighted by molar-refractivity contribution is 7.99. The van der Waals surface area contributed by atoms with E-state index in [2.05, 4.69) is 23.6 Å². The highest BCUT2D eigenvalue weighted by Gasteiger charge is 2.52. The van der Waals surface area contributed by atoms with Gasteiger partial charge in [-0.1, -0.05) is 13.3 Å². The van der Waals surface area contributed by atoms with Gasteiger partial charge < -0.3 is 4.90 Å². The van der Waals surface area contributed by atoms with E-state index in [4.69, 9.17) is 0 Å². The molecule has 0 bridgehead atoms. The Hall–Kier alpha value is -0.180. The van der Waals surface area contributed by atoms with Gasteiger partial charge >= 0.3 is 0 Å². The minimum atomic E-state index is 0.0977. The third-order valence-electron chi connectivity index (χ3n) is 4.56. The van der Waals surface area contributed by atoms with Crippen LogP contribution in [0.25, 0.3) is 0 Å². The number of hydrogen-bond acceptors (Lipinski definition) is 2. The van der Waals surface area contributed by atoms with E-state index in [-0.39, 0.29) is 5.41 Å². The van der Waals surface area contributed by atoms with E-state index in [1.54, 1.807) is 0 Å². The average molecular weight is 239 g/mol. The van der Waals surface area contributed by atoms with Crippen LogP contribution in [0.15, 0.2) is 0 Å². The van der Waals surface area contributed by atoms with Crippen LogP contribution < -0.4 is 0 Å². The summed E-state index contributed by atoms with van der Waals surface area (Å²) in [5.41, 5.74) is 0.0977. The summed E-state index contributed by atoms with van der Waals surface area (Å²) >= 11 is 2.08. The molecule has 3 rings (SSSR count). The first-order chi connectivity index (χ1) is 7.75. The highest BCUT2D eigenvalue weighted by atomic mass is 32.2. The number of rotatable bonds is 3. The Labute approximate surface area is 102 Å². The Kier molecular flexibility index (Phi) is 2.69. The van der Waals surface area contributed by atoms with Crippen LogP contribution in [0, 0.1) is 17.3 Å². The van der Waals surface area contributed by atoms with E-state index in [9.17, 15) is 4.79 Å². The quantitative estimate of drug-likeness (QED) is 0.753. The largest absolute Gasteiger partial charge is 0.342 e. The monoisotopic (exact) mass is 239 g/mol. The van der Waals surface area contributed by atoms with E-state index < -0.39 is 0 Å². The lowest BCUT2D eigenvalue weighted by Gasteiger charge is -2.23. The highest BCUT2D eigenvalue weighted by Crippen LogP contribution is 2.52. The SMILES string of the molecule is CCCC1(C(=O)N2C[C@H]3CSC[C@H]3C2)CC1. The van der Waals surface area contributed by atoms with E-state index in [0.717, 1.165) is 50.6 Å². The van der Waals surface area contributed by atoms with Gasteiger partial charge in [-0.2, -0.15) is 11.8 Å². The first-order valence-corrected chi connectivity index (χ1v) is 7.78. The first kappa shape index (κ1) is 10.9. The van der Waals surface area contributed by atoms with Crippen molar-refractivity contribution in [1.29, 1.82) is 0 Å². The zero-order chi connectivity index (χ0) is 11.2. The summed E-state index contributed by atoms with van der Waals surface area (Å²) in [5, 5.41) is 0. The summed E-state index contributed by atoms with van der Waals surface area (Å²) < 4.78 is 0. The number of carbonyl (C=O) groups excluding carboxylic acids is 1. The normalized spacial score (nSPS) is 35.2. The lowest BCUT2D eigenvalue weighted by molar-refractivity contribution is -0.136. The molecule has 2 atom stereocenters. The number of thioether (sulfide) groups is 1. The first-order valence-electron chi connectivity index (χ1n) is 6.62. The van der Waals surface area contributed by atoms with Gasteiger partial charge in [0.1, 0.15) is 0 Å². The Morgan fingerprint density at radius 3 is 2.44 bits per heavy atom. The molecule has 0 spiro atoms. The zero-order valence-corrected chi connectivity index (χ0v) is 10.9. The summed E-state index contributed by atoms with van der Waals surface area (Å²) in [6.45, 7) is 4.31. The molecule has 16 heavy (non-hydrogen) atoms. The Balaban J connectivity index is 1.64. The van der Waals surface area contributed by atoms with Crippen LogP contribution in [-0.2, 0) is 4.79 Å². The molecule has 0 N–H and O–H groups in total. The standard InChI is InChI=1S/C13H21NOS/c1-2-3-13(4-5-13)12(15)14-6-10-8-16-9-11(10)7-14/h10-11H,2-9H2,1H3/t10-,11+. The molecule has 3 aliphatic rings. The van der Waals surface area contributed by atoms with E-state index >= 15 is 0 Å². The Morgan fingerprint density at radius 1 is 1.31 bits per heavy atom. The number of amides is 1. The van der Waals surface area contributed by atoms with Crippen molar-refractivity contribution < 1.29 is 4.79 Å². The number of carbonyl (C=O) groups is 1. The molecule has 0 aromatic rings. The molecule has 2 saturated heterocycles. The van der Waals surface area contributed by atoms with E-state index in [1.165, 1.54) is 11.5 Å². The molecule has 90 valence electrons. The molecule has 0 aromatic heterocycles. The molecule has 0 radical (unpaired) electrons. The van der Waals surface area contributed by atoms with Crippen LogP contribution in [0.5, 0.6) is 0 Å². The summed E-state index contributed by atoms with van der Waals surface area (Å²) in [4.78, 5) is 14.7. The van der Waals surface area contributed by atoms with E-state index in [1.807, 2.05) is 0 Å². The number of likely N-dealkylation sites (tertiary alicyclic amines) is 1. The minimum absolute atomic E-state index is 0.0977. The van der Waals surface area contributed by atoms with Crippen molar-refractivity contribution in [2.24, 2.45) is 17.3 Å². The van der Waals surface area contributed by atoms with Gasteiger partial charge in [-0.3, -0.25) is 4.79 Å². The van der Waals surface area contributed by atoms with Crippen LogP contribution in [0.2, 0.25) is 0 Å². The second kappa shape index (κ2) is 3.94. The van der Waals surface area contributed by atoms with Crippen molar-refractivity contribution in [3.05, 3.63) is 0 Å². The predicted octanol–water partition coefficient (Wildman–Crippen LogP) is 2.39. The topological polar surface area (TPSA) is 20.3 Å². The summed E-state index contributed by atoms with van der Waals surface area (Å²) in [6, 6.07) is 0. The fourth-order valence-corrected chi connectivity index (χ4v) is 4.89. The van der Waals surface area contributed by atoms with Crippen molar-refractivity contribution in [1.82, 2.24) is 4.90 Å². The molecule has 0 aromatic carbocycles. The van der Waals surface area contributed by atoms with Crippen LogP contribution in [0.1, 0.15) is 32.6 Å². The maximum absolute atomic E-state index is 12.5. The molecule has 1 amide bonds. The zero-order valence-electron chi connectivity index (χ0n) is 10.1. The van der Waals surface area contributed by atoms with Crippen molar-refractivity contribution in [3.8, 4) is 0 Å². The fraction of sp³-hybridized carbons (Fsp3) is 0.923. The van der Waals surface area contributed by atoms with Crippen molar-refractivity contribution in [3.63, 3.8) is 0 Å². The Bertz CT molecular complexity index is 288. The molecule has 1 saturated carbocycles. The average Bonchev–Trinajstić information content (AvgIpc) is 2.73. The van der Waals surface area contributed by atoms with Gasteiger partial charge in [0.05, 0.1) is 0 Å². The second-order valence-corrected chi connectivity index (χ2v) is 6.87. The summed E-state index contributed by atoms with van der Waals surface area (Å²) in [6.07, 6.45) is 4.58.